The second-order valence-electron chi connectivity index (χ2n) is 5.93. The van der Waals surface area contributed by atoms with Crippen LogP contribution < -0.4 is 49.2 Å². The average Bonchev–Trinajstić information content (AvgIpc) is 2.56. The molecule has 3 aromatic carbocycles. The minimum absolute atomic E-state index is 0. The molecule has 7 heteroatoms. The summed E-state index contributed by atoms with van der Waals surface area (Å²) in [5.41, 5.74) is 6.76. The van der Waals surface area contributed by atoms with E-state index in [0.29, 0.717) is 11.8 Å². The molecule has 0 spiro atoms. The van der Waals surface area contributed by atoms with Gasteiger partial charge in [-0.25, -0.2) is 4.57 Å². The summed E-state index contributed by atoms with van der Waals surface area (Å²) in [5, 5.41) is 1.59. The summed E-state index contributed by atoms with van der Waals surface area (Å²) in [6.07, 6.45) is 0.710. The van der Waals surface area contributed by atoms with Gasteiger partial charge in [0, 0.05) is 11.4 Å². The molecule has 0 heterocycles. The van der Waals surface area contributed by atoms with Crippen molar-refractivity contribution < 1.29 is 48.1 Å². The molecule has 0 radical (unpaired) electrons. The van der Waals surface area contributed by atoms with E-state index in [9.17, 15) is 9.46 Å². The van der Waals surface area contributed by atoms with E-state index in [1.807, 2.05) is 31.2 Å². The molecule has 2 atom stereocenters. The molecule has 3 rings (SSSR count). The van der Waals surface area contributed by atoms with Crippen molar-refractivity contribution in [1.29, 1.82) is 0 Å². The largest absolute Gasteiger partial charge is 1.00 e. The van der Waals surface area contributed by atoms with Gasteiger partial charge in [0.25, 0.3) is 0 Å². The van der Waals surface area contributed by atoms with Crippen LogP contribution >= 0.6 is 7.82 Å². The minimum Gasteiger partial charge on any atom is -0.736 e. The molecule has 0 amide bonds. The number of rotatable bonds is 6. The fraction of sp³-hybridized carbons (Fsp3) is 0.158. The van der Waals surface area contributed by atoms with Crippen molar-refractivity contribution >= 4 is 18.6 Å². The predicted molar refractivity (Wildman–Crippen MR) is 96.6 cm³/mol. The molecule has 0 aliphatic rings. The van der Waals surface area contributed by atoms with E-state index >= 15 is 0 Å². The third kappa shape index (κ3) is 5.58. The zero-order valence-electron chi connectivity index (χ0n) is 14.8. The first kappa shape index (κ1) is 21.0. The van der Waals surface area contributed by atoms with E-state index in [4.69, 9.17) is 14.8 Å². The Hall–Kier alpha value is -1.33. The van der Waals surface area contributed by atoms with E-state index < -0.39 is 7.82 Å². The maximum atomic E-state index is 12.2. The second-order valence-corrected chi connectivity index (χ2v) is 7.19. The molecule has 0 aromatic heterocycles. The summed E-state index contributed by atoms with van der Waals surface area (Å²) >= 11 is 0. The summed E-state index contributed by atoms with van der Waals surface area (Å²) < 4.78 is 22.5. The van der Waals surface area contributed by atoms with E-state index in [1.54, 1.807) is 42.5 Å². The molecule has 5 nitrogen and oxygen atoms in total. The number of phosphoric ester groups is 1. The molecule has 0 bridgehead atoms. The van der Waals surface area contributed by atoms with Crippen LogP contribution in [-0.4, -0.2) is 6.04 Å². The Morgan fingerprint density at radius 1 is 1.00 bits per heavy atom. The molecule has 130 valence electrons. The van der Waals surface area contributed by atoms with Gasteiger partial charge in [0.1, 0.15) is 11.5 Å². The summed E-state index contributed by atoms with van der Waals surface area (Å²) in [6, 6.07) is 19.4. The predicted octanol–water partition coefficient (Wildman–Crippen LogP) is 0.660. The van der Waals surface area contributed by atoms with Gasteiger partial charge >= 0.3 is 37.4 Å². The summed E-state index contributed by atoms with van der Waals surface area (Å²) in [4.78, 5) is 12.2. The monoisotopic (exact) mass is 379 g/mol. The number of phosphoric acid groups is 1. The number of hydrogen-bond acceptors (Lipinski definition) is 5. The third-order valence-electron chi connectivity index (χ3n) is 3.66. The normalized spacial score (nSPS) is 14.1. The Balaban J connectivity index is 0.00000243. The SMILES string of the molecule is CC(N)Cc1ccc(OP(=O)([O-])Oc2cccc3ccccc23)cc1.[Na+]. The fourth-order valence-corrected chi connectivity index (χ4v) is 3.42. The van der Waals surface area contributed by atoms with Crippen LogP contribution in [0.2, 0.25) is 0 Å². The number of fused-ring (bicyclic) bond motifs is 1. The standard InChI is InChI=1S/C19H20NO4P.Na/c1-14(20)13-15-9-11-17(12-10-15)23-25(21,22)24-19-8-4-6-16-5-2-3-7-18(16)19;/h2-12,14H,13,20H2,1H3,(H,21,22);/q;+1/p-1. The molecule has 0 saturated carbocycles. The average molecular weight is 379 g/mol. The maximum absolute atomic E-state index is 12.2. The van der Waals surface area contributed by atoms with Gasteiger partial charge in [-0.3, -0.25) is 0 Å². The molecule has 0 fully saturated rings. The van der Waals surface area contributed by atoms with Crippen LogP contribution in [0.5, 0.6) is 11.5 Å². The summed E-state index contributed by atoms with van der Waals surface area (Å²) in [6.45, 7) is 1.91. The van der Waals surface area contributed by atoms with E-state index in [1.165, 1.54) is 0 Å². The van der Waals surface area contributed by atoms with Crippen LogP contribution in [-0.2, 0) is 11.0 Å². The topological polar surface area (TPSA) is 84.6 Å². The van der Waals surface area contributed by atoms with Crippen LogP contribution in [0.4, 0.5) is 0 Å². The Morgan fingerprint density at radius 3 is 2.35 bits per heavy atom. The Morgan fingerprint density at radius 2 is 1.65 bits per heavy atom. The molecule has 0 aliphatic carbocycles. The second kappa shape index (κ2) is 9.05. The Kier molecular flexibility index (Phi) is 7.30. The quantitative estimate of drug-likeness (QED) is 0.503. The van der Waals surface area contributed by atoms with E-state index in [-0.39, 0.29) is 47.1 Å². The van der Waals surface area contributed by atoms with Gasteiger partial charge in [0.05, 0.1) is 0 Å². The van der Waals surface area contributed by atoms with Crippen LogP contribution in [0.1, 0.15) is 12.5 Å². The Bertz CT molecular complexity index is 910. The molecule has 0 saturated heterocycles. The molecule has 0 aliphatic heterocycles. The number of benzene rings is 3. The maximum Gasteiger partial charge on any atom is 1.00 e. The summed E-state index contributed by atoms with van der Waals surface area (Å²) in [7, 11) is -4.56. The van der Waals surface area contributed by atoms with Crippen molar-refractivity contribution in [2.24, 2.45) is 5.73 Å². The van der Waals surface area contributed by atoms with Crippen molar-refractivity contribution in [1.82, 2.24) is 0 Å². The van der Waals surface area contributed by atoms with Gasteiger partial charge in [0.2, 0.25) is 0 Å². The van der Waals surface area contributed by atoms with Crippen molar-refractivity contribution in [3.8, 4) is 11.5 Å². The molecular formula is C19H19NNaO4P. The first-order valence-corrected chi connectivity index (χ1v) is 9.41. The van der Waals surface area contributed by atoms with Gasteiger partial charge < -0.3 is 19.7 Å². The van der Waals surface area contributed by atoms with Gasteiger partial charge in [-0.2, -0.15) is 0 Å². The first-order valence-electron chi connectivity index (χ1n) is 7.95. The van der Waals surface area contributed by atoms with Crippen LogP contribution in [0.3, 0.4) is 0 Å². The fourth-order valence-electron chi connectivity index (χ4n) is 2.60. The van der Waals surface area contributed by atoms with Gasteiger partial charge in [0.15, 0.2) is 0 Å². The minimum atomic E-state index is -4.56. The zero-order chi connectivity index (χ0) is 17.9. The smallest absolute Gasteiger partial charge is 0.736 e. The number of hydrogen-bond donors (Lipinski definition) is 1. The third-order valence-corrected chi connectivity index (χ3v) is 4.51. The van der Waals surface area contributed by atoms with Crippen LogP contribution in [0.25, 0.3) is 10.8 Å². The molecule has 26 heavy (non-hydrogen) atoms. The van der Waals surface area contributed by atoms with Gasteiger partial charge in [-0.15, -0.1) is 0 Å². The van der Waals surface area contributed by atoms with E-state index in [2.05, 4.69) is 0 Å². The van der Waals surface area contributed by atoms with Crippen LogP contribution in [0, 0.1) is 0 Å². The molecule has 2 unspecified atom stereocenters. The van der Waals surface area contributed by atoms with Gasteiger partial charge in [-0.1, -0.05) is 48.5 Å². The molecular weight excluding hydrogens is 360 g/mol. The van der Waals surface area contributed by atoms with Crippen molar-refractivity contribution in [3.05, 3.63) is 72.3 Å². The van der Waals surface area contributed by atoms with Gasteiger partial charge in [-0.05, 0) is 42.5 Å². The summed E-state index contributed by atoms with van der Waals surface area (Å²) in [5.74, 6) is 0.442. The van der Waals surface area contributed by atoms with Crippen molar-refractivity contribution in [2.75, 3.05) is 0 Å². The zero-order valence-corrected chi connectivity index (χ0v) is 17.7. The van der Waals surface area contributed by atoms with Crippen molar-refractivity contribution in [3.63, 3.8) is 0 Å². The van der Waals surface area contributed by atoms with E-state index in [0.717, 1.165) is 10.9 Å². The molecule has 3 aromatic rings. The number of nitrogens with two attached hydrogens (primary N) is 1. The van der Waals surface area contributed by atoms with Crippen LogP contribution in [0.15, 0.2) is 66.7 Å². The first-order chi connectivity index (χ1) is 11.9. The van der Waals surface area contributed by atoms with Crippen molar-refractivity contribution in [2.45, 2.75) is 19.4 Å². The molecule has 2 N–H and O–H groups in total. The Labute approximate surface area is 175 Å².